The van der Waals surface area contributed by atoms with E-state index in [4.69, 9.17) is 0 Å². The molecule has 0 heterocycles. The van der Waals surface area contributed by atoms with Crippen molar-refractivity contribution < 1.29 is 46.7 Å². The molecule has 0 aromatic heterocycles. The second-order valence-corrected chi connectivity index (χ2v) is 6.37. The summed E-state index contributed by atoms with van der Waals surface area (Å²) in [7, 11) is -4.57. The molecule has 0 N–H and O–H groups in total. The summed E-state index contributed by atoms with van der Waals surface area (Å²) >= 11 is 0. The molecule has 1 aromatic carbocycles. The molecule has 6 heteroatoms. The van der Waals surface area contributed by atoms with Crippen molar-refractivity contribution in [2.24, 2.45) is 0 Å². The molecule has 0 saturated heterocycles. The molecule has 0 atom stereocenters. The average Bonchev–Trinajstić information content (AvgIpc) is 2.43. The molecule has 0 aliphatic rings. The zero-order chi connectivity index (χ0) is 15.6. The SMILES string of the molecule is CCCCCCCCc1ccc(CCOS(=O)(=O)[O-])cc1.[Na+]. The minimum absolute atomic E-state index is 0. The predicted molar refractivity (Wildman–Crippen MR) is 82.9 cm³/mol. The van der Waals surface area contributed by atoms with Crippen LogP contribution in [0, 0.1) is 0 Å². The van der Waals surface area contributed by atoms with Crippen LogP contribution in [0.25, 0.3) is 0 Å². The normalized spacial score (nSPS) is 11.2. The molecule has 0 fully saturated rings. The first kappa shape index (κ1) is 22.1. The van der Waals surface area contributed by atoms with Crippen molar-refractivity contribution in [3.05, 3.63) is 35.4 Å². The van der Waals surface area contributed by atoms with Crippen LogP contribution in [0.1, 0.15) is 56.6 Å². The van der Waals surface area contributed by atoms with Crippen LogP contribution in [-0.4, -0.2) is 19.6 Å². The molecular weight excluding hydrogens is 311 g/mol. The number of aryl methyl sites for hydroxylation is 1. The van der Waals surface area contributed by atoms with Crippen LogP contribution in [0.5, 0.6) is 0 Å². The van der Waals surface area contributed by atoms with Gasteiger partial charge < -0.3 is 4.55 Å². The Morgan fingerprint density at radius 1 is 0.909 bits per heavy atom. The fraction of sp³-hybridized carbons (Fsp3) is 0.625. The maximum atomic E-state index is 10.3. The van der Waals surface area contributed by atoms with Gasteiger partial charge in [0.2, 0.25) is 10.4 Å². The quantitative estimate of drug-likeness (QED) is 0.257. The molecule has 4 nitrogen and oxygen atoms in total. The van der Waals surface area contributed by atoms with E-state index in [0.29, 0.717) is 6.42 Å². The van der Waals surface area contributed by atoms with Gasteiger partial charge in [-0.3, -0.25) is 4.18 Å². The van der Waals surface area contributed by atoms with Crippen molar-refractivity contribution in [3.63, 3.8) is 0 Å². The molecule has 0 radical (unpaired) electrons. The molecule has 1 aromatic rings. The number of rotatable bonds is 11. The molecular formula is C16H25NaO4S. The summed E-state index contributed by atoms with van der Waals surface area (Å²) in [5.41, 5.74) is 2.27. The van der Waals surface area contributed by atoms with Gasteiger partial charge in [0.15, 0.2) is 0 Å². The van der Waals surface area contributed by atoms with Gasteiger partial charge in [-0.2, -0.15) is 0 Å². The van der Waals surface area contributed by atoms with E-state index in [0.717, 1.165) is 12.0 Å². The van der Waals surface area contributed by atoms with Crippen LogP contribution < -0.4 is 29.6 Å². The summed E-state index contributed by atoms with van der Waals surface area (Å²) in [6.07, 6.45) is 9.24. The first-order valence-electron chi connectivity index (χ1n) is 7.69. The first-order chi connectivity index (χ1) is 10.0. The molecule has 0 aliphatic heterocycles. The summed E-state index contributed by atoms with van der Waals surface area (Å²) < 4.78 is 35.1. The molecule has 1 rings (SSSR count). The Morgan fingerprint density at radius 2 is 1.41 bits per heavy atom. The minimum Gasteiger partial charge on any atom is -0.726 e. The van der Waals surface area contributed by atoms with Crippen LogP contribution in [0.15, 0.2) is 24.3 Å². The van der Waals surface area contributed by atoms with Crippen molar-refractivity contribution >= 4 is 10.4 Å². The largest absolute Gasteiger partial charge is 1.00 e. The Labute approximate surface area is 156 Å². The van der Waals surface area contributed by atoms with Gasteiger partial charge in [0.1, 0.15) is 0 Å². The number of hydrogen-bond acceptors (Lipinski definition) is 4. The molecule has 0 spiro atoms. The van der Waals surface area contributed by atoms with Gasteiger partial charge in [-0.25, -0.2) is 8.42 Å². The van der Waals surface area contributed by atoms with Crippen molar-refractivity contribution in [1.29, 1.82) is 0 Å². The van der Waals surface area contributed by atoms with E-state index in [-0.39, 0.29) is 36.2 Å². The summed E-state index contributed by atoms with van der Waals surface area (Å²) in [5, 5.41) is 0. The van der Waals surface area contributed by atoms with E-state index in [1.54, 1.807) is 0 Å². The Kier molecular flexibility index (Phi) is 12.6. The van der Waals surface area contributed by atoms with Crippen LogP contribution in [0.2, 0.25) is 0 Å². The summed E-state index contributed by atoms with van der Waals surface area (Å²) in [4.78, 5) is 0. The molecule has 0 unspecified atom stereocenters. The third-order valence-corrected chi connectivity index (χ3v) is 3.92. The van der Waals surface area contributed by atoms with Gasteiger partial charge in [0, 0.05) is 0 Å². The van der Waals surface area contributed by atoms with E-state index in [9.17, 15) is 13.0 Å². The van der Waals surface area contributed by atoms with Crippen molar-refractivity contribution in [2.45, 2.75) is 58.3 Å². The Balaban J connectivity index is 0.00000441. The summed E-state index contributed by atoms with van der Waals surface area (Å²) in [5.74, 6) is 0. The third kappa shape index (κ3) is 11.6. The fourth-order valence-electron chi connectivity index (χ4n) is 2.24. The zero-order valence-corrected chi connectivity index (χ0v) is 16.5. The summed E-state index contributed by atoms with van der Waals surface area (Å²) in [6, 6.07) is 8.06. The smallest absolute Gasteiger partial charge is 0.726 e. The van der Waals surface area contributed by atoms with Crippen LogP contribution in [0.4, 0.5) is 0 Å². The standard InChI is InChI=1S/C16H26O4S.Na/c1-2-3-4-5-6-7-8-15-9-11-16(12-10-15)13-14-20-21(17,18)19;/h9-12H,2-8,13-14H2,1H3,(H,17,18,19);/q;+1/p-1. The zero-order valence-electron chi connectivity index (χ0n) is 13.7. The Morgan fingerprint density at radius 3 is 1.95 bits per heavy atom. The van der Waals surface area contributed by atoms with Gasteiger partial charge in [-0.05, 0) is 30.4 Å². The molecule has 0 bridgehead atoms. The van der Waals surface area contributed by atoms with E-state index in [1.807, 2.05) is 12.1 Å². The van der Waals surface area contributed by atoms with Gasteiger partial charge in [-0.15, -0.1) is 0 Å². The van der Waals surface area contributed by atoms with Crippen LogP contribution >= 0.6 is 0 Å². The van der Waals surface area contributed by atoms with E-state index < -0.39 is 10.4 Å². The number of benzene rings is 1. The monoisotopic (exact) mass is 336 g/mol. The number of unbranched alkanes of at least 4 members (excludes halogenated alkanes) is 5. The average molecular weight is 336 g/mol. The van der Waals surface area contributed by atoms with E-state index in [2.05, 4.69) is 23.2 Å². The Hall–Kier alpha value is 0.0900. The topological polar surface area (TPSA) is 66.4 Å². The van der Waals surface area contributed by atoms with Crippen molar-refractivity contribution in [3.8, 4) is 0 Å². The maximum absolute atomic E-state index is 10.3. The second kappa shape index (κ2) is 12.5. The van der Waals surface area contributed by atoms with E-state index >= 15 is 0 Å². The van der Waals surface area contributed by atoms with Gasteiger partial charge in [0.05, 0.1) is 6.61 Å². The molecule has 120 valence electrons. The molecule has 22 heavy (non-hydrogen) atoms. The second-order valence-electron chi connectivity index (χ2n) is 5.31. The van der Waals surface area contributed by atoms with Crippen molar-refractivity contribution in [2.75, 3.05) is 6.61 Å². The fourth-order valence-corrected chi connectivity index (χ4v) is 2.53. The van der Waals surface area contributed by atoms with Gasteiger partial charge in [-0.1, -0.05) is 63.3 Å². The first-order valence-corrected chi connectivity index (χ1v) is 9.02. The predicted octanol–water partition coefficient (Wildman–Crippen LogP) is 0.613. The van der Waals surface area contributed by atoms with Crippen molar-refractivity contribution in [1.82, 2.24) is 0 Å². The minimum atomic E-state index is -4.57. The van der Waals surface area contributed by atoms with Gasteiger partial charge in [0.25, 0.3) is 0 Å². The van der Waals surface area contributed by atoms with E-state index in [1.165, 1.54) is 44.1 Å². The van der Waals surface area contributed by atoms with Crippen LogP contribution in [0.3, 0.4) is 0 Å². The molecule has 0 amide bonds. The van der Waals surface area contributed by atoms with Gasteiger partial charge >= 0.3 is 29.6 Å². The Bertz CT molecular complexity index is 485. The summed E-state index contributed by atoms with van der Waals surface area (Å²) in [6.45, 7) is 2.13. The maximum Gasteiger partial charge on any atom is 1.00 e. The van der Waals surface area contributed by atoms with Crippen LogP contribution in [-0.2, 0) is 27.4 Å². The number of hydrogen-bond donors (Lipinski definition) is 0. The third-order valence-electron chi connectivity index (χ3n) is 3.46. The molecule has 0 aliphatic carbocycles. The molecule has 0 saturated carbocycles.